The van der Waals surface area contributed by atoms with Gasteiger partial charge in [0.25, 0.3) is 5.69 Å². The van der Waals surface area contributed by atoms with Gasteiger partial charge in [-0.1, -0.05) is 6.07 Å². The lowest BCUT2D eigenvalue weighted by atomic mass is 10.3. The van der Waals surface area contributed by atoms with Crippen LogP contribution in [0.5, 0.6) is 0 Å². The Morgan fingerprint density at radius 2 is 2.05 bits per heavy atom. The summed E-state index contributed by atoms with van der Waals surface area (Å²) in [7, 11) is -2.23. The molecule has 0 saturated heterocycles. The van der Waals surface area contributed by atoms with Crippen LogP contribution in [0.1, 0.15) is 0 Å². The zero-order valence-corrected chi connectivity index (χ0v) is 12.1. The fourth-order valence-corrected chi connectivity index (χ4v) is 2.53. The zero-order chi connectivity index (χ0) is 15.9. The van der Waals surface area contributed by atoms with E-state index in [1.54, 1.807) is 7.05 Å². The molecular formula is C11H16N4O5S. The van der Waals surface area contributed by atoms with Crippen molar-refractivity contribution < 1.29 is 18.1 Å². The number of rotatable bonds is 8. The highest BCUT2D eigenvalue weighted by atomic mass is 32.2. The molecule has 0 aliphatic rings. The van der Waals surface area contributed by atoms with E-state index in [-0.39, 0.29) is 36.1 Å². The number of hydrogen-bond acceptors (Lipinski definition) is 6. The molecule has 0 saturated carbocycles. The molecule has 10 heteroatoms. The van der Waals surface area contributed by atoms with Gasteiger partial charge in [0.2, 0.25) is 15.9 Å². The van der Waals surface area contributed by atoms with Crippen LogP contribution in [0.3, 0.4) is 0 Å². The number of nitro groups is 1. The molecule has 0 bridgehead atoms. The summed E-state index contributed by atoms with van der Waals surface area (Å²) in [4.78, 5) is 20.9. The van der Waals surface area contributed by atoms with Crippen LogP contribution in [0.25, 0.3) is 0 Å². The van der Waals surface area contributed by atoms with Crippen LogP contribution in [-0.2, 0) is 14.8 Å². The van der Waals surface area contributed by atoms with Crippen LogP contribution in [0.2, 0.25) is 0 Å². The minimum absolute atomic E-state index is 0.0134. The van der Waals surface area contributed by atoms with Gasteiger partial charge >= 0.3 is 0 Å². The van der Waals surface area contributed by atoms with Gasteiger partial charge in [-0.2, -0.15) is 0 Å². The number of nitrogens with zero attached hydrogens (tertiary/aromatic N) is 1. The predicted octanol–water partition coefficient (Wildman–Crippen LogP) is -0.791. The van der Waals surface area contributed by atoms with Gasteiger partial charge in [0.1, 0.15) is 0 Å². The Balaban J connectivity index is 2.60. The lowest BCUT2D eigenvalue weighted by molar-refractivity contribution is -0.385. The Hall–Kier alpha value is -2.04. The average molecular weight is 316 g/mol. The zero-order valence-electron chi connectivity index (χ0n) is 11.3. The normalized spacial score (nSPS) is 11.1. The number of sulfonamides is 1. The Labute approximate surface area is 121 Å². The van der Waals surface area contributed by atoms with Crippen LogP contribution < -0.4 is 15.4 Å². The monoisotopic (exact) mass is 316 g/mol. The van der Waals surface area contributed by atoms with E-state index in [4.69, 9.17) is 0 Å². The van der Waals surface area contributed by atoms with Gasteiger partial charge in [-0.25, -0.2) is 13.1 Å². The number of non-ortho nitro benzene ring substituents is 1. The molecular weight excluding hydrogens is 300 g/mol. The average Bonchev–Trinajstić information content (AvgIpc) is 2.44. The van der Waals surface area contributed by atoms with E-state index in [0.29, 0.717) is 0 Å². The number of hydrogen-bond donors (Lipinski definition) is 3. The molecule has 9 nitrogen and oxygen atoms in total. The molecule has 0 radical (unpaired) electrons. The summed E-state index contributed by atoms with van der Waals surface area (Å²) >= 11 is 0. The van der Waals surface area contributed by atoms with Crippen molar-refractivity contribution in [2.45, 2.75) is 4.90 Å². The summed E-state index contributed by atoms with van der Waals surface area (Å²) in [5, 5.41) is 15.8. The maximum atomic E-state index is 11.9. The second-order valence-electron chi connectivity index (χ2n) is 4.03. The SMILES string of the molecule is CNCC(=O)NCCNS(=O)(=O)c1cccc([N+](=O)[O-])c1. The van der Waals surface area contributed by atoms with Gasteiger partial charge in [-0.05, 0) is 13.1 Å². The second kappa shape index (κ2) is 7.67. The van der Waals surface area contributed by atoms with E-state index in [1.165, 1.54) is 18.2 Å². The molecule has 3 N–H and O–H groups in total. The molecule has 116 valence electrons. The smallest absolute Gasteiger partial charge is 0.270 e. The molecule has 1 aromatic rings. The molecule has 0 aliphatic heterocycles. The largest absolute Gasteiger partial charge is 0.354 e. The van der Waals surface area contributed by atoms with E-state index in [0.717, 1.165) is 6.07 Å². The van der Waals surface area contributed by atoms with Crippen LogP contribution in [-0.4, -0.2) is 45.9 Å². The van der Waals surface area contributed by atoms with Crippen molar-refractivity contribution in [1.82, 2.24) is 15.4 Å². The van der Waals surface area contributed by atoms with E-state index in [9.17, 15) is 23.3 Å². The Morgan fingerprint density at radius 1 is 1.33 bits per heavy atom. The van der Waals surface area contributed by atoms with Crippen molar-refractivity contribution in [3.63, 3.8) is 0 Å². The van der Waals surface area contributed by atoms with Gasteiger partial charge in [-0.15, -0.1) is 0 Å². The van der Waals surface area contributed by atoms with Gasteiger partial charge in [-0.3, -0.25) is 14.9 Å². The third-order valence-corrected chi connectivity index (χ3v) is 3.87. The first kappa shape index (κ1) is 17.0. The number of likely N-dealkylation sites (N-methyl/N-ethyl adjacent to an activating group) is 1. The van der Waals surface area contributed by atoms with Gasteiger partial charge < -0.3 is 10.6 Å². The van der Waals surface area contributed by atoms with Crippen LogP contribution in [0, 0.1) is 10.1 Å². The first-order valence-electron chi connectivity index (χ1n) is 6.02. The number of nitrogens with one attached hydrogen (secondary N) is 3. The lowest BCUT2D eigenvalue weighted by Gasteiger charge is -2.08. The standard InChI is InChI=1S/C11H16N4O5S/c1-12-8-11(16)13-5-6-14-21(19,20)10-4-2-3-9(7-10)15(17)18/h2-4,7,12,14H,5-6,8H2,1H3,(H,13,16). The summed E-state index contributed by atoms with van der Waals surface area (Å²) < 4.78 is 26.1. The second-order valence-corrected chi connectivity index (χ2v) is 5.80. The highest BCUT2D eigenvalue weighted by Crippen LogP contribution is 2.16. The number of amides is 1. The minimum Gasteiger partial charge on any atom is -0.354 e. The van der Waals surface area contributed by atoms with E-state index < -0.39 is 14.9 Å². The quantitative estimate of drug-likeness (QED) is 0.327. The Bertz CT molecular complexity index is 617. The van der Waals surface area contributed by atoms with Crippen molar-refractivity contribution >= 4 is 21.6 Å². The van der Waals surface area contributed by atoms with Gasteiger partial charge in [0.05, 0.1) is 16.4 Å². The van der Waals surface area contributed by atoms with Crippen molar-refractivity contribution in [2.24, 2.45) is 0 Å². The highest BCUT2D eigenvalue weighted by Gasteiger charge is 2.16. The number of carbonyl (C=O) groups is 1. The molecule has 0 aromatic heterocycles. The van der Waals surface area contributed by atoms with Gasteiger partial charge in [0, 0.05) is 25.2 Å². The minimum atomic E-state index is -3.85. The van der Waals surface area contributed by atoms with E-state index in [1.807, 2.05) is 0 Å². The molecule has 0 heterocycles. The molecule has 0 aliphatic carbocycles. The molecule has 21 heavy (non-hydrogen) atoms. The van der Waals surface area contributed by atoms with E-state index >= 15 is 0 Å². The Kier molecular flexibility index (Phi) is 6.21. The summed E-state index contributed by atoms with van der Waals surface area (Å²) in [6.45, 7) is 0.243. The van der Waals surface area contributed by atoms with Crippen LogP contribution in [0.4, 0.5) is 5.69 Å². The third-order valence-electron chi connectivity index (χ3n) is 2.42. The first-order chi connectivity index (χ1) is 9.86. The number of benzene rings is 1. The molecule has 1 rings (SSSR count). The van der Waals surface area contributed by atoms with Crippen LogP contribution >= 0.6 is 0 Å². The summed E-state index contributed by atoms with van der Waals surface area (Å²) in [5.74, 6) is -0.257. The third kappa shape index (κ3) is 5.45. The summed E-state index contributed by atoms with van der Waals surface area (Å²) in [5.41, 5.74) is -0.305. The topological polar surface area (TPSA) is 130 Å². The predicted molar refractivity (Wildman–Crippen MR) is 75.2 cm³/mol. The molecule has 1 amide bonds. The van der Waals surface area contributed by atoms with E-state index in [2.05, 4.69) is 15.4 Å². The Morgan fingerprint density at radius 3 is 2.67 bits per heavy atom. The van der Waals surface area contributed by atoms with Crippen molar-refractivity contribution in [1.29, 1.82) is 0 Å². The fraction of sp³-hybridized carbons (Fsp3) is 0.364. The van der Waals surface area contributed by atoms with Crippen molar-refractivity contribution in [3.8, 4) is 0 Å². The molecule has 0 unspecified atom stereocenters. The maximum Gasteiger partial charge on any atom is 0.270 e. The molecule has 0 fully saturated rings. The molecule has 0 spiro atoms. The fourth-order valence-electron chi connectivity index (χ4n) is 1.46. The summed E-state index contributed by atoms with van der Waals surface area (Å²) in [6, 6.07) is 4.73. The molecule has 1 aromatic carbocycles. The molecule has 0 atom stereocenters. The summed E-state index contributed by atoms with van der Waals surface area (Å²) in [6.07, 6.45) is 0. The highest BCUT2D eigenvalue weighted by molar-refractivity contribution is 7.89. The van der Waals surface area contributed by atoms with Crippen LogP contribution in [0.15, 0.2) is 29.2 Å². The lowest BCUT2D eigenvalue weighted by Crippen LogP contribution is -2.38. The van der Waals surface area contributed by atoms with Crippen molar-refractivity contribution in [3.05, 3.63) is 34.4 Å². The number of carbonyl (C=O) groups excluding carboxylic acids is 1. The van der Waals surface area contributed by atoms with Gasteiger partial charge in [0.15, 0.2) is 0 Å². The maximum absolute atomic E-state index is 11.9. The number of nitro benzene ring substituents is 1. The first-order valence-corrected chi connectivity index (χ1v) is 7.50. The van der Waals surface area contributed by atoms with Crippen molar-refractivity contribution in [2.75, 3.05) is 26.7 Å².